The number of likely N-dealkylation sites (tertiary alicyclic amines) is 1. The molecule has 1 aliphatic rings. The molecule has 0 bridgehead atoms. The number of hydrogen-bond donors (Lipinski definition) is 1. The number of methoxy groups -OCH3 is 1. The molecule has 1 saturated heterocycles. The number of piperidine rings is 1. The molecule has 5 nitrogen and oxygen atoms in total. The molecule has 0 aliphatic carbocycles. The van der Waals surface area contributed by atoms with Crippen molar-refractivity contribution in [1.82, 2.24) is 10.2 Å². The third-order valence-electron chi connectivity index (χ3n) is 4.64. The standard InChI is InChI=1S/C20H20ClFN2O3/c1-27-15-7-5-13(6-8-15)20(26)24-11-9-14(10-12-24)23-19(25)18-16(21)3-2-4-17(18)22/h2-8,14H,9-12H2,1H3,(H,23,25). The summed E-state index contributed by atoms with van der Waals surface area (Å²) in [7, 11) is 1.57. The smallest absolute Gasteiger partial charge is 0.255 e. The highest BCUT2D eigenvalue weighted by molar-refractivity contribution is 6.33. The second-order valence-corrected chi connectivity index (χ2v) is 6.77. The Morgan fingerprint density at radius 3 is 2.41 bits per heavy atom. The Labute approximate surface area is 162 Å². The lowest BCUT2D eigenvalue weighted by molar-refractivity contribution is 0.0698. The van der Waals surface area contributed by atoms with Crippen molar-refractivity contribution in [3.8, 4) is 5.75 Å². The minimum absolute atomic E-state index is 0.0559. The van der Waals surface area contributed by atoms with E-state index >= 15 is 0 Å². The van der Waals surface area contributed by atoms with Crippen LogP contribution in [0.1, 0.15) is 33.6 Å². The molecular formula is C20H20ClFN2O3. The summed E-state index contributed by atoms with van der Waals surface area (Å²) in [5.74, 6) is -0.537. The zero-order valence-electron chi connectivity index (χ0n) is 14.9. The van der Waals surface area contributed by atoms with E-state index in [1.165, 1.54) is 18.2 Å². The van der Waals surface area contributed by atoms with Crippen LogP contribution >= 0.6 is 11.6 Å². The highest BCUT2D eigenvalue weighted by Gasteiger charge is 2.26. The van der Waals surface area contributed by atoms with E-state index in [0.717, 1.165) is 0 Å². The molecule has 0 radical (unpaired) electrons. The van der Waals surface area contributed by atoms with Crippen LogP contribution in [-0.2, 0) is 0 Å². The van der Waals surface area contributed by atoms with Crippen LogP contribution in [0.15, 0.2) is 42.5 Å². The first-order chi connectivity index (χ1) is 13.0. The Morgan fingerprint density at radius 1 is 1.15 bits per heavy atom. The van der Waals surface area contributed by atoms with E-state index in [1.807, 2.05) is 0 Å². The van der Waals surface area contributed by atoms with Gasteiger partial charge in [-0.1, -0.05) is 17.7 Å². The van der Waals surface area contributed by atoms with Crippen LogP contribution < -0.4 is 10.1 Å². The molecule has 0 atom stereocenters. The minimum atomic E-state index is -0.646. The molecule has 0 saturated carbocycles. The van der Waals surface area contributed by atoms with Crippen molar-refractivity contribution in [3.63, 3.8) is 0 Å². The van der Waals surface area contributed by atoms with Crippen LogP contribution in [0.25, 0.3) is 0 Å². The van der Waals surface area contributed by atoms with Crippen LogP contribution in [0.3, 0.4) is 0 Å². The maximum atomic E-state index is 13.9. The Balaban J connectivity index is 1.57. The maximum absolute atomic E-state index is 13.9. The number of carbonyl (C=O) groups excluding carboxylic acids is 2. The third kappa shape index (κ3) is 4.39. The van der Waals surface area contributed by atoms with Crippen LogP contribution in [0.5, 0.6) is 5.75 Å². The van der Waals surface area contributed by atoms with Gasteiger partial charge in [-0.3, -0.25) is 9.59 Å². The lowest BCUT2D eigenvalue weighted by atomic mass is 10.0. The zero-order valence-corrected chi connectivity index (χ0v) is 15.6. The monoisotopic (exact) mass is 390 g/mol. The van der Waals surface area contributed by atoms with Gasteiger partial charge in [0, 0.05) is 24.7 Å². The van der Waals surface area contributed by atoms with Crippen LogP contribution in [-0.4, -0.2) is 43.0 Å². The average molecular weight is 391 g/mol. The van der Waals surface area contributed by atoms with Crippen LogP contribution in [0.2, 0.25) is 5.02 Å². The summed E-state index contributed by atoms with van der Waals surface area (Å²) < 4.78 is 19.0. The Hall–Kier alpha value is -2.60. The number of ether oxygens (including phenoxy) is 1. The predicted molar refractivity (Wildman–Crippen MR) is 101 cm³/mol. The van der Waals surface area contributed by atoms with Crippen molar-refractivity contribution >= 4 is 23.4 Å². The van der Waals surface area contributed by atoms with Gasteiger partial charge in [0.1, 0.15) is 11.6 Å². The fourth-order valence-corrected chi connectivity index (χ4v) is 3.36. The van der Waals surface area contributed by atoms with Gasteiger partial charge in [0.15, 0.2) is 0 Å². The van der Waals surface area contributed by atoms with Crippen molar-refractivity contribution in [2.45, 2.75) is 18.9 Å². The summed E-state index contributed by atoms with van der Waals surface area (Å²) in [6, 6.07) is 11.0. The van der Waals surface area contributed by atoms with E-state index < -0.39 is 11.7 Å². The molecule has 7 heteroatoms. The second kappa shape index (κ2) is 8.39. The van der Waals surface area contributed by atoms with E-state index in [9.17, 15) is 14.0 Å². The largest absolute Gasteiger partial charge is 0.497 e. The lowest BCUT2D eigenvalue weighted by Gasteiger charge is -2.32. The van der Waals surface area contributed by atoms with E-state index in [1.54, 1.807) is 36.3 Å². The zero-order chi connectivity index (χ0) is 19.4. The van der Waals surface area contributed by atoms with Crippen molar-refractivity contribution in [3.05, 3.63) is 64.4 Å². The van der Waals surface area contributed by atoms with E-state index in [-0.39, 0.29) is 22.5 Å². The van der Waals surface area contributed by atoms with Crippen molar-refractivity contribution in [2.24, 2.45) is 0 Å². The van der Waals surface area contributed by atoms with Crippen molar-refractivity contribution in [2.75, 3.05) is 20.2 Å². The molecule has 0 spiro atoms. The molecule has 0 aromatic heterocycles. The van der Waals surface area contributed by atoms with Gasteiger partial charge in [-0.05, 0) is 49.2 Å². The number of amides is 2. The van der Waals surface area contributed by atoms with Gasteiger partial charge in [-0.2, -0.15) is 0 Å². The summed E-state index contributed by atoms with van der Waals surface area (Å²) in [5, 5.41) is 2.90. The predicted octanol–water partition coefficient (Wildman–Crippen LogP) is 3.52. The van der Waals surface area contributed by atoms with E-state index in [4.69, 9.17) is 16.3 Å². The summed E-state index contributed by atoms with van der Waals surface area (Å²) in [6.45, 7) is 1.03. The molecule has 27 heavy (non-hydrogen) atoms. The quantitative estimate of drug-likeness (QED) is 0.868. The third-order valence-corrected chi connectivity index (χ3v) is 4.96. The highest BCUT2D eigenvalue weighted by Crippen LogP contribution is 2.21. The van der Waals surface area contributed by atoms with Crippen molar-refractivity contribution < 1.29 is 18.7 Å². The molecule has 2 aromatic rings. The number of carbonyl (C=O) groups is 2. The normalized spacial score (nSPS) is 14.7. The van der Waals surface area contributed by atoms with Gasteiger partial charge in [0.05, 0.1) is 17.7 Å². The summed E-state index contributed by atoms with van der Waals surface area (Å²) in [6.07, 6.45) is 1.19. The first kappa shape index (κ1) is 19.2. The molecular weight excluding hydrogens is 371 g/mol. The molecule has 2 amide bonds. The molecule has 1 heterocycles. The van der Waals surface area contributed by atoms with Gasteiger partial charge in [0.25, 0.3) is 11.8 Å². The van der Waals surface area contributed by atoms with E-state index in [0.29, 0.717) is 37.2 Å². The molecule has 1 N–H and O–H groups in total. The average Bonchev–Trinajstić information content (AvgIpc) is 2.68. The second-order valence-electron chi connectivity index (χ2n) is 6.37. The molecule has 1 aliphatic heterocycles. The first-order valence-electron chi connectivity index (χ1n) is 8.68. The van der Waals surface area contributed by atoms with E-state index in [2.05, 4.69) is 5.32 Å². The SMILES string of the molecule is COc1ccc(C(=O)N2CCC(NC(=O)c3c(F)cccc3Cl)CC2)cc1. The molecule has 1 fully saturated rings. The number of nitrogens with zero attached hydrogens (tertiary/aromatic N) is 1. The van der Waals surface area contributed by atoms with Crippen LogP contribution in [0, 0.1) is 5.82 Å². The summed E-state index contributed by atoms with van der Waals surface area (Å²) >= 11 is 5.93. The first-order valence-corrected chi connectivity index (χ1v) is 9.05. The fraction of sp³-hybridized carbons (Fsp3) is 0.300. The van der Waals surface area contributed by atoms with Crippen molar-refractivity contribution in [1.29, 1.82) is 0 Å². The Kier molecular flexibility index (Phi) is 5.96. The Morgan fingerprint density at radius 2 is 1.81 bits per heavy atom. The Bertz CT molecular complexity index is 813. The summed E-state index contributed by atoms with van der Waals surface area (Å²) in [4.78, 5) is 26.6. The lowest BCUT2D eigenvalue weighted by Crippen LogP contribution is -2.46. The number of hydrogen-bond acceptors (Lipinski definition) is 3. The van der Waals surface area contributed by atoms with Gasteiger partial charge in [-0.25, -0.2) is 4.39 Å². The number of nitrogens with one attached hydrogen (secondary N) is 1. The van der Waals surface area contributed by atoms with Gasteiger partial charge in [0.2, 0.25) is 0 Å². The number of rotatable bonds is 4. The molecule has 3 rings (SSSR count). The van der Waals surface area contributed by atoms with Gasteiger partial charge < -0.3 is 15.0 Å². The fourth-order valence-electron chi connectivity index (χ4n) is 3.12. The topological polar surface area (TPSA) is 58.6 Å². The highest BCUT2D eigenvalue weighted by atomic mass is 35.5. The minimum Gasteiger partial charge on any atom is -0.497 e. The van der Waals surface area contributed by atoms with Crippen LogP contribution in [0.4, 0.5) is 4.39 Å². The molecule has 142 valence electrons. The molecule has 2 aromatic carbocycles. The number of benzene rings is 2. The summed E-state index contributed by atoms with van der Waals surface area (Å²) in [5.41, 5.74) is 0.451. The molecule has 0 unspecified atom stereocenters. The maximum Gasteiger partial charge on any atom is 0.255 e. The number of halogens is 2. The van der Waals surface area contributed by atoms with Gasteiger partial charge in [-0.15, -0.1) is 0 Å². The van der Waals surface area contributed by atoms with Gasteiger partial charge >= 0.3 is 0 Å².